The second kappa shape index (κ2) is 21.3. The lowest BCUT2D eigenvalue weighted by molar-refractivity contribution is -0.136. The van der Waals surface area contributed by atoms with Crippen LogP contribution in [0, 0.1) is 0 Å². The van der Waals surface area contributed by atoms with E-state index >= 15 is 0 Å². The Labute approximate surface area is 267 Å². The Morgan fingerprint density at radius 2 is 1.33 bits per heavy atom. The van der Waals surface area contributed by atoms with E-state index in [-0.39, 0.29) is 42.9 Å². The van der Waals surface area contributed by atoms with Gasteiger partial charge in [-0.05, 0) is 18.6 Å². The summed E-state index contributed by atoms with van der Waals surface area (Å²) in [5, 5.41) is 4.79. The van der Waals surface area contributed by atoms with Crippen molar-refractivity contribution in [3.05, 3.63) is 29.3 Å². The van der Waals surface area contributed by atoms with Gasteiger partial charge in [0.15, 0.2) is 6.61 Å². The van der Waals surface area contributed by atoms with E-state index in [2.05, 4.69) is 10.6 Å². The van der Waals surface area contributed by atoms with E-state index in [9.17, 15) is 24.0 Å². The number of hydrogen-bond acceptors (Lipinski definition) is 13. The first-order chi connectivity index (χ1) is 22.4. The van der Waals surface area contributed by atoms with Gasteiger partial charge in [-0.15, -0.1) is 0 Å². The maximum absolute atomic E-state index is 13.1. The summed E-state index contributed by atoms with van der Waals surface area (Å²) in [6.45, 7) is 5.65. The lowest BCUT2D eigenvalue weighted by Crippen LogP contribution is -2.54. The van der Waals surface area contributed by atoms with Crippen molar-refractivity contribution in [3.8, 4) is 5.75 Å². The van der Waals surface area contributed by atoms with Gasteiger partial charge in [0, 0.05) is 20.1 Å². The van der Waals surface area contributed by atoms with Crippen molar-refractivity contribution in [2.45, 2.75) is 18.9 Å². The van der Waals surface area contributed by atoms with Crippen LogP contribution in [0.4, 0.5) is 0 Å². The lowest BCUT2D eigenvalue weighted by Gasteiger charge is -2.27. The molecular weight excluding hydrogens is 610 g/mol. The number of rotatable bonds is 25. The number of carbonyl (C=O) groups is 5. The third-order valence-electron chi connectivity index (χ3n) is 6.65. The first-order valence-electron chi connectivity index (χ1n) is 15.1. The van der Waals surface area contributed by atoms with Crippen LogP contribution in [-0.4, -0.2) is 147 Å². The Bertz CT molecular complexity index is 1150. The second-order valence-electron chi connectivity index (χ2n) is 9.93. The molecular formula is C30H43N3O13. The molecule has 16 heteroatoms. The Hall–Kier alpha value is -3.51. The number of imide groups is 2. The minimum atomic E-state index is -1.09. The lowest BCUT2D eigenvalue weighted by atomic mass is 10.0. The van der Waals surface area contributed by atoms with Crippen LogP contribution in [0.1, 0.15) is 33.6 Å². The molecule has 16 nitrogen and oxygen atoms in total. The summed E-state index contributed by atoms with van der Waals surface area (Å²) in [5.74, 6) is -2.93. The number of methoxy groups -OCH3 is 1. The number of amides is 5. The van der Waals surface area contributed by atoms with Gasteiger partial charge < -0.3 is 43.2 Å². The molecule has 0 aliphatic carbocycles. The van der Waals surface area contributed by atoms with Crippen molar-refractivity contribution in [3.63, 3.8) is 0 Å². The number of carbonyl (C=O) groups excluding carboxylic acids is 5. The highest BCUT2D eigenvalue weighted by molar-refractivity contribution is 6.24. The average Bonchev–Trinajstić information content (AvgIpc) is 3.30. The molecule has 1 fully saturated rings. The zero-order valence-corrected chi connectivity index (χ0v) is 26.1. The molecule has 2 aliphatic rings. The van der Waals surface area contributed by atoms with Gasteiger partial charge in [-0.1, -0.05) is 6.07 Å². The van der Waals surface area contributed by atoms with Crippen molar-refractivity contribution >= 4 is 29.5 Å². The average molecular weight is 654 g/mol. The molecule has 5 amide bonds. The summed E-state index contributed by atoms with van der Waals surface area (Å²) in [4.78, 5) is 62.8. The molecule has 1 atom stereocenters. The molecule has 3 rings (SSSR count). The van der Waals surface area contributed by atoms with Gasteiger partial charge in [-0.25, -0.2) is 0 Å². The van der Waals surface area contributed by atoms with Crippen molar-refractivity contribution in [2.75, 3.05) is 106 Å². The van der Waals surface area contributed by atoms with E-state index in [4.69, 9.17) is 37.9 Å². The van der Waals surface area contributed by atoms with E-state index in [0.717, 1.165) is 4.90 Å². The van der Waals surface area contributed by atoms with Crippen LogP contribution < -0.4 is 15.4 Å². The Morgan fingerprint density at radius 3 is 1.87 bits per heavy atom. The minimum Gasteiger partial charge on any atom is -0.483 e. The number of fused-ring (bicyclic) bond motifs is 1. The number of nitrogens with zero attached hydrogens (tertiary/aromatic N) is 1. The number of piperidine rings is 1. The molecule has 2 N–H and O–H groups in total. The number of ether oxygens (including phenoxy) is 8. The normalized spacial score (nSPS) is 16.1. The van der Waals surface area contributed by atoms with E-state index < -0.39 is 42.2 Å². The van der Waals surface area contributed by atoms with E-state index in [1.54, 1.807) is 7.11 Å². The molecule has 2 heterocycles. The van der Waals surface area contributed by atoms with E-state index in [0.29, 0.717) is 79.3 Å². The van der Waals surface area contributed by atoms with Crippen LogP contribution >= 0.6 is 0 Å². The molecule has 1 unspecified atom stereocenters. The van der Waals surface area contributed by atoms with Gasteiger partial charge >= 0.3 is 0 Å². The molecule has 0 bridgehead atoms. The molecule has 256 valence electrons. The monoisotopic (exact) mass is 653 g/mol. The van der Waals surface area contributed by atoms with Gasteiger partial charge in [0.05, 0.1) is 97.0 Å². The molecule has 1 aromatic rings. The first kappa shape index (κ1) is 37.0. The standard InChI is InChI=1S/C30H43N3O13/c1-39-9-10-41-13-14-43-17-18-45-20-19-44-16-15-42-12-11-40-8-7-31-26(35)21-46-24-4-2-3-22-27(24)30(38)33(29(22)37)23-5-6-25(34)32-28(23)36/h2-4,23H,5-21H2,1H3,(H,31,35)(H,32,34,36). The summed E-state index contributed by atoms with van der Waals surface area (Å²) >= 11 is 0. The van der Waals surface area contributed by atoms with Gasteiger partial charge in [-0.3, -0.25) is 34.2 Å². The maximum atomic E-state index is 13.1. The molecule has 0 spiro atoms. The molecule has 0 saturated carbocycles. The predicted octanol–water partition coefficient (Wildman–Crippen LogP) is -0.671. The summed E-state index contributed by atoms with van der Waals surface area (Å²) in [6.07, 6.45) is 0.0558. The number of hydrogen-bond donors (Lipinski definition) is 2. The van der Waals surface area contributed by atoms with Gasteiger partial charge in [0.2, 0.25) is 11.8 Å². The fourth-order valence-corrected chi connectivity index (χ4v) is 4.41. The summed E-state index contributed by atoms with van der Waals surface area (Å²) in [5.41, 5.74) is 0.0435. The van der Waals surface area contributed by atoms with E-state index in [1.807, 2.05) is 0 Å². The van der Waals surface area contributed by atoms with Gasteiger partial charge in [0.1, 0.15) is 11.8 Å². The zero-order chi connectivity index (χ0) is 33.0. The summed E-state index contributed by atoms with van der Waals surface area (Å²) in [6, 6.07) is 3.34. The molecule has 1 aromatic carbocycles. The highest BCUT2D eigenvalue weighted by Gasteiger charge is 2.46. The largest absolute Gasteiger partial charge is 0.483 e. The number of nitrogens with one attached hydrogen (secondary N) is 2. The molecule has 0 radical (unpaired) electrons. The van der Waals surface area contributed by atoms with Crippen LogP contribution in [0.25, 0.3) is 0 Å². The van der Waals surface area contributed by atoms with Crippen LogP contribution in [0.5, 0.6) is 5.75 Å². The molecule has 2 aliphatic heterocycles. The van der Waals surface area contributed by atoms with Gasteiger partial charge in [-0.2, -0.15) is 0 Å². The van der Waals surface area contributed by atoms with Crippen LogP contribution in [0.15, 0.2) is 18.2 Å². The topological polar surface area (TPSA) is 186 Å². The SMILES string of the molecule is COCCOCCOCCOCCOCCOCCOCCNC(=O)COc1cccc2c1C(=O)N(C1CCC(=O)NC1=O)C2=O. The van der Waals surface area contributed by atoms with Crippen molar-refractivity contribution < 1.29 is 61.9 Å². The fourth-order valence-electron chi connectivity index (χ4n) is 4.41. The zero-order valence-electron chi connectivity index (χ0n) is 26.1. The predicted molar refractivity (Wildman–Crippen MR) is 158 cm³/mol. The minimum absolute atomic E-state index is 0.0153. The van der Waals surface area contributed by atoms with Crippen molar-refractivity contribution in [1.29, 1.82) is 0 Å². The Morgan fingerprint density at radius 1 is 0.783 bits per heavy atom. The highest BCUT2D eigenvalue weighted by atomic mass is 16.6. The van der Waals surface area contributed by atoms with Crippen LogP contribution in [-0.2, 0) is 47.5 Å². The van der Waals surface area contributed by atoms with Crippen LogP contribution in [0.3, 0.4) is 0 Å². The van der Waals surface area contributed by atoms with Crippen molar-refractivity contribution in [1.82, 2.24) is 15.5 Å². The Kier molecular flexibility index (Phi) is 17.1. The highest BCUT2D eigenvalue weighted by Crippen LogP contribution is 2.33. The summed E-state index contributed by atoms with van der Waals surface area (Å²) in [7, 11) is 1.62. The molecule has 1 saturated heterocycles. The number of benzene rings is 1. The second-order valence-corrected chi connectivity index (χ2v) is 9.93. The smallest absolute Gasteiger partial charge is 0.266 e. The molecule has 46 heavy (non-hydrogen) atoms. The Balaban J connectivity index is 1.16. The van der Waals surface area contributed by atoms with Crippen molar-refractivity contribution in [2.24, 2.45) is 0 Å². The van der Waals surface area contributed by atoms with Crippen LogP contribution in [0.2, 0.25) is 0 Å². The third kappa shape index (κ3) is 12.4. The quantitative estimate of drug-likeness (QED) is 0.100. The summed E-state index contributed by atoms with van der Waals surface area (Å²) < 4.78 is 42.8. The third-order valence-corrected chi connectivity index (χ3v) is 6.65. The fraction of sp³-hybridized carbons (Fsp3) is 0.633. The maximum Gasteiger partial charge on any atom is 0.266 e. The van der Waals surface area contributed by atoms with Gasteiger partial charge in [0.25, 0.3) is 17.7 Å². The van der Waals surface area contributed by atoms with E-state index in [1.165, 1.54) is 18.2 Å². The first-order valence-corrected chi connectivity index (χ1v) is 15.1. The molecule has 0 aromatic heterocycles.